The second kappa shape index (κ2) is 7.99. The number of ether oxygens (including phenoxy) is 1. The first-order chi connectivity index (χ1) is 13.4. The lowest BCUT2D eigenvalue weighted by molar-refractivity contribution is 0.251. The lowest BCUT2D eigenvalue weighted by Gasteiger charge is -2.20. The van der Waals surface area contributed by atoms with Crippen LogP contribution in [0.5, 0.6) is 5.75 Å². The normalized spacial score (nSPS) is 12.5. The fourth-order valence-corrected chi connectivity index (χ4v) is 3.64. The highest BCUT2D eigenvalue weighted by Gasteiger charge is 2.16. The highest BCUT2D eigenvalue weighted by Crippen LogP contribution is 2.30. The molecule has 1 atom stereocenters. The van der Waals surface area contributed by atoms with Crippen molar-refractivity contribution in [1.29, 1.82) is 5.26 Å². The molecule has 6 nitrogen and oxygen atoms in total. The Morgan fingerprint density at radius 3 is 2.71 bits per heavy atom. The number of likely N-dealkylation sites (N-methyl/N-ethyl adjacent to an activating group) is 1. The zero-order chi connectivity index (χ0) is 20.4. The van der Waals surface area contributed by atoms with Gasteiger partial charge in [0.1, 0.15) is 18.4 Å². The van der Waals surface area contributed by atoms with Gasteiger partial charge in [0.05, 0.1) is 22.2 Å². The Labute approximate surface area is 164 Å². The smallest absolute Gasteiger partial charge is 0.260 e. The van der Waals surface area contributed by atoms with Crippen molar-refractivity contribution in [1.82, 2.24) is 14.9 Å². The predicted molar refractivity (Wildman–Crippen MR) is 112 cm³/mol. The molecule has 0 saturated heterocycles. The summed E-state index contributed by atoms with van der Waals surface area (Å²) in [6, 6.07) is 7.86. The number of aromatic nitrogens is 2. The molecule has 6 heteroatoms. The highest BCUT2D eigenvalue weighted by atomic mass is 16.5. The number of aryl methyl sites for hydroxylation is 2. The molecule has 0 saturated carbocycles. The van der Waals surface area contributed by atoms with Crippen LogP contribution in [-0.4, -0.2) is 29.2 Å². The molecule has 1 unspecified atom stereocenters. The van der Waals surface area contributed by atoms with Gasteiger partial charge in [-0.05, 0) is 43.8 Å². The second-order valence-electron chi connectivity index (χ2n) is 7.59. The monoisotopic (exact) mass is 378 g/mol. The number of fused-ring (bicyclic) bond motifs is 3. The van der Waals surface area contributed by atoms with Crippen LogP contribution in [0.3, 0.4) is 0 Å². The molecule has 2 heterocycles. The van der Waals surface area contributed by atoms with E-state index in [4.69, 9.17) is 4.74 Å². The minimum atomic E-state index is -0.100. The van der Waals surface area contributed by atoms with Gasteiger partial charge in [-0.3, -0.25) is 9.78 Å². The predicted octanol–water partition coefficient (Wildman–Crippen LogP) is 3.28. The molecular formula is C22H26N4O2. The van der Waals surface area contributed by atoms with Crippen LogP contribution < -0.4 is 15.6 Å². The van der Waals surface area contributed by atoms with E-state index in [1.165, 1.54) is 0 Å². The van der Waals surface area contributed by atoms with E-state index in [0.717, 1.165) is 22.7 Å². The first kappa shape index (κ1) is 19.8. The molecule has 0 amide bonds. The topological polar surface area (TPSA) is 79.9 Å². The molecule has 3 rings (SSSR count). The summed E-state index contributed by atoms with van der Waals surface area (Å²) in [5.41, 5.74) is 1.78. The van der Waals surface area contributed by atoms with E-state index in [1.54, 1.807) is 23.9 Å². The van der Waals surface area contributed by atoms with Gasteiger partial charge in [0, 0.05) is 30.7 Å². The maximum atomic E-state index is 12.9. The van der Waals surface area contributed by atoms with E-state index in [2.05, 4.69) is 30.2 Å². The number of hydrogen-bond acceptors (Lipinski definition) is 5. The Bertz CT molecular complexity index is 1130. The average Bonchev–Trinajstić information content (AvgIpc) is 2.68. The number of nitrogens with one attached hydrogen (secondary N) is 1. The molecule has 2 aromatic heterocycles. The largest absolute Gasteiger partial charge is 0.490 e. The Balaban J connectivity index is 2.14. The van der Waals surface area contributed by atoms with Crippen molar-refractivity contribution in [3.63, 3.8) is 0 Å². The molecule has 0 aliphatic carbocycles. The Hall–Kier alpha value is -2.91. The lowest BCUT2D eigenvalue weighted by atomic mass is 10.0. The fourth-order valence-electron chi connectivity index (χ4n) is 3.64. The van der Waals surface area contributed by atoms with Crippen LogP contribution in [0.2, 0.25) is 0 Å². The third-order valence-electron chi connectivity index (χ3n) is 5.13. The minimum absolute atomic E-state index is 0.100. The quantitative estimate of drug-likeness (QED) is 0.666. The molecule has 0 radical (unpaired) electrons. The van der Waals surface area contributed by atoms with Gasteiger partial charge in [0.25, 0.3) is 5.56 Å². The van der Waals surface area contributed by atoms with Crippen LogP contribution in [0.25, 0.3) is 21.7 Å². The van der Waals surface area contributed by atoms with Gasteiger partial charge in [-0.25, -0.2) is 0 Å². The van der Waals surface area contributed by atoms with Crippen molar-refractivity contribution < 1.29 is 4.74 Å². The van der Waals surface area contributed by atoms with E-state index in [1.807, 2.05) is 26.1 Å². The van der Waals surface area contributed by atoms with Crippen molar-refractivity contribution in [2.24, 2.45) is 13.0 Å². The molecule has 0 spiro atoms. The first-order valence-corrected chi connectivity index (χ1v) is 9.49. The zero-order valence-corrected chi connectivity index (χ0v) is 17.0. The SMILES string of the molecule is CNC(COc1cc2c(cc1C#N)c1ccnc(C)c1c(=O)n2C)CC(C)C. The van der Waals surface area contributed by atoms with Crippen LogP contribution in [0.1, 0.15) is 31.5 Å². The van der Waals surface area contributed by atoms with Crippen molar-refractivity contribution >= 4 is 21.7 Å². The number of nitrogens with zero attached hydrogens (tertiary/aromatic N) is 3. The van der Waals surface area contributed by atoms with E-state index in [-0.39, 0.29) is 11.6 Å². The third kappa shape index (κ3) is 3.58. The minimum Gasteiger partial charge on any atom is -0.490 e. The summed E-state index contributed by atoms with van der Waals surface area (Å²) in [5.74, 6) is 1.04. The maximum Gasteiger partial charge on any atom is 0.260 e. The molecule has 1 aromatic carbocycles. The number of pyridine rings is 2. The summed E-state index contributed by atoms with van der Waals surface area (Å²) in [6.45, 7) is 6.61. The lowest BCUT2D eigenvalue weighted by Crippen LogP contribution is -2.33. The van der Waals surface area contributed by atoms with E-state index < -0.39 is 0 Å². The van der Waals surface area contributed by atoms with Crippen LogP contribution in [-0.2, 0) is 7.05 Å². The van der Waals surface area contributed by atoms with Crippen LogP contribution in [0, 0.1) is 24.2 Å². The van der Waals surface area contributed by atoms with E-state index in [0.29, 0.717) is 34.9 Å². The molecule has 0 bridgehead atoms. The first-order valence-electron chi connectivity index (χ1n) is 9.49. The Kier molecular flexibility index (Phi) is 5.66. The zero-order valence-electron chi connectivity index (χ0n) is 17.0. The van der Waals surface area contributed by atoms with Gasteiger partial charge in [-0.1, -0.05) is 13.8 Å². The van der Waals surface area contributed by atoms with Crippen LogP contribution in [0.15, 0.2) is 29.2 Å². The van der Waals surface area contributed by atoms with E-state index in [9.17, 15) is 10.1 Å². The summed E-state index contributed by atoms with van der Waals surface area (Å²) in [5, 5.41) is 15.2. The summed E-state index contributed by atoms with van der Waals surface area (Å²) in [4.78, 5) is 17.1. The van der Waals surface area contributed by atoms with Gasteiger partial charge in [-0.15, -0.1) is 0 Å². The summed E-state index contributed by atoms with van der Waals surface area (Å²) in [6.07, 6.45) is 2.66. The molecule has 3 aromatic rings. The second-order valence-corrected chi connectivity index (χ2v) is 7.59. The number of hydrogen-bond donors (Lipinski definition) is 1. The van der Waals surface area contributed by atoms with Crippen LogP contribution >= 0.6 is 0 Å². The summed E-state index contributed by atoms with van der Waals surface area (Å²) >= 11 is 0. The van der Waals surface area contributed by atoms with E-state index >= 15 is 0 Å². The molecule has 1 N–H and O–H groups in total. The van der Waals surface area contributed by atoms with Crippen molar-refractivity contribution in [2.45, 2.75) is 33.2 Å². The van der Waals surface area contributed by atoms with Gasteiger partial charge in [0.15, 0.2) is 0 Å². The molecular weight excluding hydrogens is 352 g/mol. The highest BCUT2D eigenvalue weighted by molar-refractivity contribution is 6.07. The number of rotatable bonds is 6. The summed E-state index contributed by atoms with van der Waals surface area (Å²) in [7, 11) is 3.65. The fraction of sp³-hybridized carbons (Fsp3) is 0.409. The van der Waals surface area contributed by atoms with Crippen molar-refractivity contribution in [2.75, 3.05) is 13.7 Å². The van der Waals surface area contributed by atoms with Crippen LogP contribution in [0.4, 0.5) is 0 Å². The standard InChI is InChI=1S/C22H26N4O2/c1-13(2)8-16(24-4)12-28-20-10-19-18(9-15(20)11-23)17-6-7-25-14(3)21(17)22(27)26(19)5/h6-7,9-10,13,16,24H,8,12H2,1-5H3. The maximum absolute atomic E-state index is 12.9. The van der Waals surface area contributed by atoms with Gasteiger partial charge < -0.3 is 14.6 Å². The third-order valence-corrected chi connectivity index (χ3v) is 5.13. The molecule has 0 fully saturated rings. The summed E-state index contributed by atoms with van der Waals surface area (Å²) < 4.78 is 7.61. The van der Waals surface area contributed by atoms with Gasteiger partial charge >= 0.3 is 0 Å². The molecule has 0 aliphatic rings. The number of benzene rings is 1. The Morgan fingerprint density at radius 1 is 1.32 bits per heavy atom. The Morgan fingerprint density at radius 2 is 2.07 bits per heavy atom. The van der Waals surface area contributed by atoms with Crippen molar-refractivity contribution in [3.05, 3.63) is 46.0 Å². The number of nitriles is 1. The molecule has 28 heavy (non-hydrogen) atoms. The van der Waals surface area contributed by atoms with Gasteiger partial charge in [0.2, 0.25) is 0 Å². The average molecular weight is 378 g/mol. The van der Waals surface area contributed by atoms with Gasteiger partial charge in [-0.2, -0.15) is 5.26 Å². The molecule has 146 valence electrons. The van der Waals surface area contributed by atoms with Crippen molar-refractivity contribution in [3.8, 4) is 11.8 Å². The molecule has 0 aliphatic heterocycles.